The number of aromatic nitrogens is 2. The Hall–Kier alpha value is -1.69. The molecule has 0 amide bonds. The van der Waals surface area contributed by atoms with Gasteiger partial charge in [-0.3, -0.25) is 0 Å². The lowest BCUT2D eigenvalue weighted by molar-refractivity contribution is 0.519. The van der Waals surface area contributed by atoms with Gasteiger partial charge in [0, 0.05) is 36.6 Å². The molecule has 1 aliphatic rings. The summed E-state index contributed by atoms with van der Waals surface area (Å²) in [6.07, 6.45) is 2.11. The van der Waals surface area contributed by atoms with Crippen LogP contribution in [0.15, 0.2) is 24.3 Å². The van der Waals surface area contributed by atoms with E-state index in [1.54, 1.807) is 6.07 Å². The molecule has 22 heavy (non-hydrogen) atoms. The number of anilines is 2. The molecule has 0 aliphatic carbocycles. The van der Waals surface area contributed by atoms with Crippen LogP contribution in [0.1, 0.15) is 38.4 Å². The Labute approximate surface area is 134 Å². The van der Waals surface area contributed by atoms with Gasteiger partial charge in [0.2, 0.25) is 5.13 Å². The maximum atomic E-state index is 13.9. The van der Waals surface area contributed by atoms with E-state index in [4.69, 9.17) is 0 Å². The zero-order valence-corrected chi connectivity index (χ0v) is 13.7. The average molecular weight is 320 g/mol. The van der Waals surface area contributed by atoms with Gasteiger partial charge in [0.1, 0.15) is 11.6 Å². The predicted molar refractivity (Wildman–Crippen MR) is 89.3 cm³/mol. The molecule has 6 heteroatoms. The van der Waals surface area contributed by atoms with E-state index in [-0.39, 0.29) is 11.9 Å². The molecule has 1 aliphatic heterocycles. The van der Waals surface area contributed by atoms with E-state index < -0.39 is 0 Å². The molecule has 0 spiro atoms. The Morgan fingerprint density at radius 3 is 2.91 bits per heavy atom. The SMILES string of the molecule is CC(C)c1nsc(NC2CCCN(c3ccccc3F)C2)n1. The van der Waals surface area contributed by atoms with Crippen molar-refractivity contribution in [2.75, 3.05) is 23.3 Å². The summed E-state index contributed by atoms with van der Waals surface area (Å²) in [7, 11) is 0. The monoisotopic (exact) mass is 320 g/mol. The molecule has 1 aromatic carbocycles. The summed E-state index contributed by atoms with van der Waals surface area (Å²) in [6.45, 7) is 5.86. The van der Waals surface area contributed by atoms with Crippen molar-refractivity contribution >= 4 is 22.4 Å². The molecule has 1 fully saturated rings. The van der Waals surface area contributed by atoms with Crippen LogP contribution in [0.3, 0.4) is 0 Å². The van der Waals surface area contributed by atoms with Gasteiger partial charge in [0.05, 0.1) is 5.69 Å². The fourth-order valence-electron chi connectivity index (χ4n) is 2.72. The molecule has 0 radical (unpaired) electrons. The van der Waals surface area contributed by atoms with Gasteiger partial charge in [-0.05, 0) is 25.0 Å². The van der Waals surface area contributed by atoms with E-state index >= 15 is 0 Å². The van der Waals surface area contributed by atoms with Gasteiger partial charge in [-0.15, -0.1) is 0 Å². The van der Waals surface area contributed by atoms with E-state index in [9.17, 15) is 4.39 Å². The zero-order valence-electron chi connectivity index (χ0n) is 12.9. The van der Waals surface area contributed by atoms with Crippen LogP contribution in [-0.4, -0.2) is 28.5 Å². The zero-order chi connectivity index (χ0) is 15.5. The third kappa shape index (κ3) is 3.38. The normalized spacial score (nSPS) is 18.7. The Morgan fingerprint density at radius 1 is 1.36 bits per heavy atom. The summed E-state index contributed by atoms with van der Waals surface area (Å²) < 4.78 is 18.3. The molecule has 1 aromatic heterocycles. The highest BCUT2D eigenvalue weighted by atomic mass is 32.1. The Kier molecular flexibility index (Phi) is 4.57. The molecule has 1 saturated heterocycles. The fourth-order valence-corrected chi connectivity index (χ4v) is 3.51. The molecule has 3 rings (SSSR count). The molecule has 0 saturated carbocycles. The highest BCUT2D eigenvalue weighted by molar-refractivity contribution is 7.09. The van der Waals surface area contributed by atoms with Crippen molar-refractivity contribution in [1.29, 1.82) is 0 Å². The van der Waals surface area contributed by atoms with E-state index in [1.165, 1.54) is 17.6 Å². The van der Waals surface area contributed by atoms with Crippen molar-refractivity contribution < 1.29 is 4.39 Å². The summed E-state index contributed by atoms with van der Waals surface area (Å²) >= 11 is 1.41. The number of para-hydroxylation sites is 1. The van der Waals surface area contributed by atoms with Gasteiger partial charge in [-0.1, -0.05) is 26.0 Å². The largest absolute Gasteiger partial charge is 0.367 e. The third-order valence-electron chi connectivity index (χ3n) is 3.90. The lowest BCUT2D eigenvalue weighted by Crippen LogP contribution is -2.42. The minimum absolute atomic E-state index is 0.152. The summed E-state index contributed by atoms with van der Waals surface area (Å²) in [6, 6.07) is 7.26. The van der Waals surface area contributed by atoms with Gasteiger partial charge < -0.3 is 10.2 Å². The summed E-state index contributed by atoms with van der Waals surface area (Å²) in [4.78, 5) is 6.63. The fraction of sp³-hybridized carbons (Fsp3) is 0.500. The number of nitrogens with one attached hydrogen (secondary N) is 1. The standard InChI is InChI=1S/C16H21FN4S/c1-11(2)15-19-16(22-20-15)18-12-6-5-9-21(10-12)14-8-4-3-7-13(14)17/h3-4,7-8,11-12H,5-6,9-10H2,1-2H3,(H,18,19,20). The van der Waals surface area contributed by atoms with Gasteiger partial charge in [-0.25, -0.2) is 9.37 Å². The van der Waals surface area contributed by atoms with Crippen LogP contribution < -0.4 is 10.2 Å². The van der Waals surface area contributed by atoms with Crippen LogP contribution >= 0.6 is 11.5 Å². The molecule has 2 aromatic rings. The Bertz CT molecular complexity index is 628. The van der Waals surface area contributed by atoms with Crippen LogP contribution in [0.25, 0.3) is 0 Å². The van der Waals surface area contributed by atoms with Gasteiger partial charge >= 0.3 is 0 Å². The van der Waals surface area contributed by atoms with Gasteiger partial charge in [0.15, 0.2) is 0 Å². The molecule has 2 heterocycles. The van der Waals surface area contributed by atoms with E-state index in [2.05, 4.69) is 33.4 Å². The lowest BCUT2D eigenvalue weighted by atomic mass is 10.1. The van der Waals surface area contributed by atoms with Crippen LogP contribution in [-0.2, 0) is 0 Å². The highest BCUT2D eigenvalue weighted by Crippen LogP contribution is 2.25. The van der Waals surface area contributed by atoms with Crippen LogP contribution in [0.2, 0.25) is 0 Å². The smallest absolute Gasteiger partial charge is 0.202 e. The molecular weight excluding hydrogens is 299 g/mol. The Morgan fingerprint density at radius 2 is 2.18 bits per heavy atom. The summed E-state index contributed by atoms with van der Waals surface area (Å²) in [5.41, 5.74) is 0.689. The molecule has 4 nitrogen and oxygen atoms in total. The minimum Gasteiger partial charge on any atom is -0.367 e. The van der Waals surface area contributed by atoms with Crippen molar-refractivity contribution in [3.05, 3.63) is 35.9 Å². The quantitative estimate of drug-likeness (QED) is 0.928. The topological polar surface area (TPSA) is 41.1 Å². The van der Waals surface area contributed by atoms with Crippen molar-refractivity contribution in [2.45, 2.75) is 38.6 Å². The molecule has 118 valence electrons. The highest BCUT2D eigenvalue weighted by Gasteiger charge is 2.22. The van der Waals surface area contributed by atoms with Crippen molar-refractivity contribution in [3.63, 3.8) is 0 Å². The van der Waals surface area contributed by atoms with Crippen LogP contribution in [0.5, 0.6) is 0 Å². The number of halogens is 1. The second kappa shape index (κ2) is 6.60. The van der Waals surface area contributed by atoms with Crippen molar-refractivity contribution in [1.82, 2.24) is 9.36 Å². The summed E-state index contributed by atoms with van der Waals surface area (Å²) in [5.74, 6) is 1.07. The summed E-state index contributed by atoms with van der Waals surface area (Å²) in [5, 5.41) is 4.32. The third-order valence-corrected chi connectivity index (χ3v) is 4.56. The second-order valence-electron chi connectivity index (χ2n) is 5.99. The van der Waals surface area contributed by atoms with E-state index in [0.29, 0.717) is 11.6 Å². The maximum absolute atomic E-state index is 13.9. The first-order valence-corrected chi connectivity index (χ1v) is 8.50. The first kappa shape index (κ1) is 15.2. The number of piperidine rings is 1. The van der Waals surface area contributed by atoms with Gasteiger partial charge in [-0.2, -0.15) is 4.37 Å². The molecule has 1 N–H and O–H groups in total. The first-order valence-electron chi connectivity index (χ1n) is 7.73. The minimum atomic E-state index is -0.152. The number of hydrogen-bond donors (Lipinski definition) is 1. The number of benzene rings is 1. The Balaban J connectivity index is 1.66. The second-order valence-corrected chi connectivity index (χ2v) is 6.75. The first-order chi connectivity index (χ1) is 10.6. The molecule has 1 atom stereocenters. The molecule has 1 unspecified atom stereocenters. The van der Waals surface area contributed by atoms with Gasteiger partial charge in [0.25, 0.3) is 0 Å². The molecule has 0 bridgehead atoms. The maximum Gasteiger partial charge on any atom is 0.202 e. The van der Waals surface area contributed by atoms with E-state index in [1.807, 2.05) is 12.1 Å². The van der Waals surface area contributed by atoms with E-state index in [0.717, 1.165) is 36.9 Å². The van der Waals surface area contributed by atoms with Crippen LogP contribution in [0, 0.1) is 5.82 Å². The average Bonchev–Trinajstić information content (AvgIpc) is 2.97. The number of rotatable bonds is 4. The van der Waals surface area contributed by atoms with Crippen molar-refractivity contribution in [3.8, 4) is 0 Å². The lowest BCUT2D eigenvalue weighted by Gasteiger charge is -2.34. The van der Waals surface area contributed by atoms with Crippen LogP contribution in [0.4, 0.5) is 15.2 Å². The number of nitrogens with zero attached hydrogens (tertiary/aromatic N) is 3. The number of hydrogen-bond acceptors (Lipinski definition) is 5. The molecular formula is C16H21FN4S. The predicted octanol–water partition coefficient (Wildman–Crippen LogP) is 3.88. The van der Waals surface area contributed by atoms with Crippen molar-refractivity contribution in [2.24, 2.45) is 0 Å².